The van der Waals surface area contributed by atoms with Crippen molar-refractivity contribution < 1.29 is 27.4 Å². The number of hydrogen-bond acceptors (Lipinski definition) is 7. The summed E-state index contributed by atoms with van der Waals surface area (Å²) in [4.78, 5) is 14.8. The first-order valence-corrected chi connectivity index (χ1v) is 11.0. The Bertz CT molecular complexity index is 1580. The molecule has 3 heterocycles. The zero-order chi connectivity index (χ0) is 26.2. The van der Waals surface area contributed by atoms with E-state index in [0.29, 0.717) is 40.2 Å². The Morgan fingerprint density at radius 1 is 0.919 bits per heavy atom. The lowest BCUT2D eigenvalue weighted by Crippen LogP contribution is -2.04. The molecule has 3 aromatic heterocycles. The molecule has 5 rings (SSSR count). The van der Waals surface area contributed by atoms with E-state index < -0.39 is 11.9 Å². The lowest BCUT2D eigenvalue weighted by Gasteiger charge is -2.12. The van der Waals surface area contributed by atoms with Crippen molar-refractivity contribution in [2.45, 2.75) is 6.18 Å². The lowest BCUT2D eigenvalue weighted by molar-refractivity contribution is -0.140. The van der Waals surface area contributed by atoms with Gasteiger partial charge in [-0.25, -0.2) is 9.97 Å². The number of ether oxygens (including phenoxy) is 3. The molecule has 0 aliphatic heterocycles. The van der Waals surface area contributed by atoms with Crippen LogP contribution in [0.25, 0.3) is 22.6 Å². The van der Waals surface area contributed by atoms with Crippen molar-refractivity contribution in [3.63, 3.8) is 0 Å². The predicted molar refractivity (Wildman–Crippen MR) is 130 cm³/mol. The second-order valence-corrected chi connectivity index (χ2v) is 7.96. The summed E-state index contributed by atoms with van der Waals surface area (Å²) >= 11 is 0. The summed E-state index contributed by atoms with van der Waals surface area (Å²) in [7, 11) is 5.04. The van der Waals surface area contributed by atoms with E-state index in [1.165, 1.54) is 12.3 Å². The number of aromatic nitrogens is 5. The number of anilines is 2. The summed E-state index contributed by atoms with van der Waals surface area (Å²) in [6.45, 7) is 0. The molecule has 0 fully saturated rings. The van der Waals surface area contributed by atoms with Crippen molar-refractivity contribution in [2.75, 3.05) is 19.5 Å². The van der Waals surface area contributed by atoms with Crippen molar-refractivity contribution in [1.82, 2.24) is 24.5 Å². The molecule has 0 bridgehead atoms. The Kier molecular flexibility index (Phi) is 6.07. The Hall–Kier alpha value is -4.74. The molecule has 0 atom stereocenters. The van der Waals surface area contributed by atoms with Crippen LogP contribution in [0.1, 0.15) is 5.69 Å². The number of fused-ring (bicyclic) bond motifs is 1. The molecule has 9 nitrogen and oxygen atoms in total. The fraction of sp³-hybridized carbons (Fsp3) is 0.160. The zero-order valence-corrected chi connectivity index (χ0v) is 19.9. The van der Waals surface area contributed by atoms with Gasteiger partial charge in [0.15, 0.2) is 5.82 Å². The molecule has 37 heavy (non-hydrogen) atoms. The molecule has 0 unspecified atom stereocenters. The minimum atomic E-state index is -4.52. The zero-order valence-electron chi connectivity index (χ0n) is 19.9. The second kappa shape index (κ2) is 9.37. The van der Waals surface area contributed by atoms with E-state index in [-0.39, 0.29) is 11.5 Å². The molecule has 0 saturated heterocycles. The number of benzene rings is 2. The van der Waals surface area contributed by atoms with Crippen LogP contribution in [0.2, 0.25) is 0 Å². The fourth-order valence-corrected chi connectivity index (χ4v) is 3.72. The number of alkyl halides is 3. The highest BCUT2D eigenvalue weighted by Gasteiger charge is 2.33. The van der Waals surface area contributed by atoms with E-state index >= 15 is 0 Å². The molecule has 0 spiro atoms. The van der Waals surface area contributed by atoms with Crippen LogP contribution in [-0.4, -0.2) is 38.7 Å². The first-order chi connectivity index (χ1) is 17.7. The SMILES string of the molecule is COc1ccc(OC)c(Nc2nc3cc(Oc4ccnc(-c5ncc(C(F)(F)F)[nH]5)c4)ccc3n2C)c1. The second-order valence-electron chi connectivity index (χ2n) is 7.96. The van der Waals surface area contributed by atoms with Gasteiger partial charge in [0.2, 0.25) is 5.95 Å². The van der Waals surface area contributed by atoms with E-state index in [1.807, 2.05) is 23.7 Å². The molecular weight excluding hydrogens is 489 g/mol. The molecular formula is C25H21F3N6O3. The third kappa shape index (κ3) is 4.85. The van der Waals surface area contributed by atoms with Crippen molar-refractivity contribution in [1.29, 1.82) is 0 Å². The van der Waals surface area contributed by atoms with Gasteiger partial charge in [0.1, 0.15) is 34.4 Å². The number of hydrogen-bond donors (Lipinski definition) is 2. The van der Waals surface area contributed by atoms with Crippen LogP contribution in [0.4, 0.5) is 24.8 Å². The summed E-state index contributed by atoms with van der Waals surface area (Å²) in [6, 6.07) is 13.9. The molecule has 12 heteroatoms. The minimum Gasteiger partial charge on any atom is -0.497 e. The third-order valence-electron chi connectivity index (χ3n) is 5.60. The molecule has 2 aromatic carbocycles. The smallest absolute Gasteiger partial charge is 0.432 e. The summed E-state index contributed by atoms with van der Waals surface area (Å²) in [5.74, 6) is 2.72. The van der Waals surface area contributed by atoms with Crippen LogP contribution in [0.3, 0.4) is 0 Å². The summed E-state index contributed by atoms with van der Waals surface area (Å²) in [5, 5.41) is 3.27. The lowest BCUT2D eigenvalue weighted by atomic mass is 10.2. The van der Waals surface area contributed by atoms with Gasteiger partial charge in [-0.3, -0.25) is 4.98 Å². The van der Waals surface area contributed by atoms with Crippen molar-refractivity contribution in [2.24, 2.45) is 7.05 Å². The largest absolute Gasteiger partial charge is 0.497 e. The molecule has 0 amide bonds. The number of nitrogens with one attached hydrogen (secondary N) is 2. The van der Waals surface area contributed by atoms with Gasteiger partial charge in [-0.05, 0) is 30.3 Å². The van der Waals surface area contributed by atoms with Crippen molar-refractivity contribution >= 4 is 22.7 Å². The molecule has 5 aromatic rings. The predicted octanol–water partition coefficient (Wildman–Crippen LogP) is 5.93. The molecule has 190 valence electrons. The van der Waals surface area contributed by atoms with E-state index in [2.05, 4.69) is 25.3 Å². The van der Waals surface area contributed by atoms with Crippen molar-refractivity contribution in [3.8, 4) is 34.5 Å². The maximum absolute atomic E-state index is 12.9. The Balaban J connectivity index is 1.40. The average Bonchev–Trinajstić information content (AvgIpc) is 3.50. The number of nitrogens with zero attached hydrogens (tertiary/aromatic N) is 4. The van der Waals surface area contributed by atoms with Crippen LogP contribution in [0, 0.1) is 0 Å². The number of H-pyrrole nitrogens is 1. The number of pyridine rings is 1. The van der Waals surface area contributed by atoms with Gasteiger partial charge in [0.25, 0.3) is 0 Å². The Labute approximate surface area is 208 Å². The number of aromatic amines is 1. The van der Waals surface area contributed by atoms with E-state index in [1.54, 1.807) is 44.6 Å². The highest BCUT2D eigenvalue weighted by molar-refractivity contribution is 5.81. The molecule has 0 aliphatic carbocycles. The van der Waals surface area contributed by atoms with Crippen LogP contribution in [-0.2, 0) is 13.2 Å². The maximum Gasteiger partial charge on any atom is 0.432 e. The normalized spacial score (nSPS) is 11.5. The number of halogens is 3. The summed E-state index contributed by atoms with van der Waals surface area (Å²) in [6.07, 6.45) is -2.36. The van der Waals surface area contributed by atoms with Crippen LogP contribution in [0.15, 0.2) is 60.9 Å². The van der Waals surface area contributed by atoms with Gasteiger partial charge in [0.05, 0.1) is 37.1 Å². The molecule has 2 N–H and O–H groups in total. The van der Waals surface area contributed by atoms with E-state index in [4.69, 9.17) is 14.2 Å². The first kappa shape index (κ1) is 24.0. The Morgan fingerprint density at radius 2 is 1.70 bits per heavy atom. The summed E-state index contributed by atoms with van der Waals surface area (Å²) in [5.41, 5.74) is 1.47. The first-order valence-electron chi connectivity index (χ1n) is 11.0. The van der Waals surface area contributed by atoms with Gasteiger partial charge in [0, 0.05) is 31.4 Å². The average molecular weight is 510 g/mol. The van der Waals surface area contributed by atoms with Gasteiger partial charge < -0.3 is 29.1 Å². The standard InChI is InChI=1S/C25H21F3N6O3/c1-34-20-6-4-15(11-17(20)31-24(34)32-18-10-14(35-2)5-7-21(18)36-3)37-16-8-9-29-19(12-16)23-30-13-22(33-23)25(26,27)28/h4-13H,1-3H3,(H,30,33)(H,31,32). The van der Waals surface area contributed by atoms with Gasteiger partial charge in [-0.1, -0.05) is 0 Å². The topological polar surface area (TPSA) is 99.1 Å². The monoisotopic (exact) mass is 510 g/mol. The highest BCUT2D eigenvalue weighted by atomic mass is 19.4. The number of methoxy groups -OCH3 is 2. The summed E-state index contributed by atoms with van der Waals surface area (Å²) < 4.78 is 57.3. The van der Waals surface area contributed by atoms with Crippen LogP contribution < -0.4 is 19.5 Å². The van der Waals surface area contributed by atoms with Crippen molar-refractivity contribution in [3.05, 3.63) is 66.6 Å². The minimum absolute atomic E-state index is 0.0124. The number of imidazole rings is 2. The van der Waals surface area contributed by atoms with Gasteiger partial charge >= 0.3 is 6.18 Å². The van der Waals surface area contributed by atoms with E-state index in [9.17, 15) is 13.2 Å². The maximum atomic E-state index is 12.9. The Morgan fingerprint density at radius 3 is 2.43 bits per heavy atom. The number of aryl methyl sites for hydroxylation is 1. The van der Waals surface area contributed by atoms with E-state index in [0.717, 1.165) is 11.7 Å². The van der Waals surface area contributed by atoms with Crippen LogP contribution in [0.5, 0.6) is 23.0 Å². The molecule has 0 saturated carbocycles. The number of rotatable bonds is 7. The third-order valence-corrected chi connectivity index (χ3v) is 5.60. The fourth-order valence-electron chi connectivity index (χ4n) is 3.72. The van der Waals surface area contributed by atoms with Gasteiger partial charge in [-0.15, -0.1) is 0 Å². The molecule has 0 aliphatic rings. The van der Waals surface area contributed by atoms with Gasteiger partial charge in [-0.2, -0.15) is 13.2 Å². The van der Waals surface area contributed by atoms with Crippen LogP contribution >= 0.6 is 0 Å². The quantitative estimate of drug-likeness (QED) is 0.280. The highest BCUT2D eigenvalue weighted by Crippen LogP contribution is 2.34. The molecule has 0 radical (unpaired) electrons.